The molecular weight excluding hydrogens is 264 g/mol. The van der Waals surface area contributed by atoms with Gasteiger partial charge in [0.15, 0.2) is 0 Å². The number of likely N-dealkylation sites (N-methyl/N-ethyl adjacent to an activating group) is 1. The van der Waals surface area contributed by atoms with Crippen LogP contribution in [-0.4, -0.2) is 49.0 Å². The summed E-state index contributed by atoms with van der Waals surface area (Å²) in [6.45, 7) is 5.93. The first-order chi connectivity index (χ1) is 10.0. The summed E-state index contributed by atoms with van der Waals surface area (Å²) in [5.41, 5.74) is 1.11. The molecule has 0 bridgehead atoms. The van der Waals surface area contributed by atoms with E-state index in [4.69, 9.17) is 0 Å². The maximum Gasteiger partial charge on any atom is 0.220 e. The number of anilines is 1. The highest BCUT2D eigenvalue weighted by Gasteiger charge is 2.25. The van der Waals surface area contributed by atoms with E-state index in [-0.39, 0.29) is 11.9 Å². The van der Waals surface area contributed by atoms with E-state index < -0.39 is 0 Å². The molecule has 0 radical (unpaired) electrons. The van der Waals surface area contributed by atoms with Gasteiger partial charge in [-0.1, -0.05) is 6.92 Å². The van der Waals surface area contributed by atoms with Crippen LogP contribution in [0.2, 0.25) is 0 Å². The Kier molecular flexibility index (Phi) is 5.17. The zero-order valence-electron chi connectivity index (χ0n) is 13.5. The first kappa shape index (κ1) is 15.8. The second kappa shape index (κ2) is 6.89. The highest BCUT2D eigenvalue weighted by Crippen LogP contribution is 2.23. The SMILES string of the molecule is CCC(=O)N[C@H](C)c1ccnc(N2CC[C@@H](N(C)C)C2)c1. The minimum atomic E-state index is 0.0199. The van der Waals surface area contributed by atoms with Crippen LogP contribution in [0.3, 0.4) is 0 Å². The fourth-order valence-electron chi connectivity index (χ4n) is 2.67. The molecule has 1 aromatic rings. The first-order valence-electron chi connectivity index (χ1n) is 7.68. The monoisotopic (exact) mass is 290 g/mol. The lowest BCUT2D eigenvalue weighted by Gasteiger charge is -2.22. The molecule has 0 unspecified atom stereocenters. The van der Waals surface area contributed by atoms with Crippen LogP contribution < -0.4 is 10.2 Å². The number of pyridine rings is 1. The molecule has 0 spiro atoms. The standard InChI is InChI=1S/C16H26N4O/c1-5-16(21)18-12(2)13-6-8-17-15(10-13)20-9-7-14(11-20)19(3)4/h6,8,10,12,14H,5,7,9,11H2,1-4H3,(H,18,21)/t12-,14-/m1/s1. The minimum absolute atomic E-state index is 0.0199. The molecule has 0 aromatic carbocycles. The summed E-state index contributed by atoms with van der Waals surface area (Å²) in [5, 5.41) is 3.00. The van der Waals surface area contributed by atoms with Crippen LogP contribution in [0.5, 0.6) is 0 Å². The van der Waals surface area contributed by atoms with Crippen LogP contribution in [0, 0.1) is 0 Å². The largest absolute Gasteiger partial charge is 0.355 e. The summed E-state index contributed by atoms with van der Waals surface area (Å²) in [6.07, 6.45) is 3.52. The van der Waals surface area contributed by atoms with E-state index >= 15 is 0 Å². The van der Waals surface area contributed by atoms with Gasteiger partial charge in [-0.2, -0.15) is 0 Å². The van der Waals surface area contributed by atoms with Gasteiger partial charge in [-0.15, -0.1) is 0 Å². The van der Waals surface area contributed by atoms with Crippen molar-refractivity contribution in [3.63, 3.8) is 0 Å². The molecule has 2 heterocycles. The molecule has 1 saturated heterocycles. The summed E-state index contributed by atoms with van der Waals surface area (Å²) >= 11 is 0. The van der Waals surface area contributed by atoms with Crippen molar-refractivity contribution in [2.45, 2.75) is 38.8 Å². The third-order valence-corrected chi connectivity index (χ3v) is 4.19. The molecule has 1 N–H and O–H groups in total. The second-order valence-corrected chi connectivity index (χ2v) is 5.94. The zero-order chi connectivity index (χ0) is 15.4. The van der Waals surface area contributed by atoms with E-state index in [1.165, 1.54) is 6.42 Å². The van der Waals surface area contributed by atoms with Crippen molar-refractivity contribution in [2.24, 2.45) is 0 Å². The van der Waals surface area contributed by atoms with Crippen molar-refractivity contribution in [1.29, 1.82) is 0 Å². The van der Waals surface area contributed by atoms with Gasteiger partial charge in [-0.05, 0) is 45.1 Å². The highest BCUT2D eigenvalue weighted by molar-refractivity contribution is 5.76. The molecule has 2 rings (SSSR count). The van der Waals surface area contributed by atoms with Gasteiger partial charge in [0.2, 0.25) is 5.91 Å². The lowest BCUT2D eigenvalue weighted by atomic mass is 10.1. The van der Waals surface area contributed by atoms with Gasteiger partial charge in [-0.25, -0.2) is 4.98 Å². The molecule has 5 nitrogen and oxygen atoms in total. The molecule has 1 aliphatic rings. The Morgan fingerprint density at radius 1 is 1.57 bits per heavy atom. The van der Waals surface area contributed by atoms with Crippen molar-refractivity contribution >= 4 is 11.7 Å². The molecular formula is C16H26N4O. The Balaban J connectivity index is 2.06. The van der Waals surface area contributed by atoms with Crippen molar-refractivity contribution in [2.75, 3.05) is 32.1 Å². The summed E-state index contributed by atoms with van der Waals surface area (Å²) in [4.78, 5) is 20.6. The van der Waals surface area contributed by atoms with Crippen molar-refractivity contribution in [1.82, 2.24) is 15.2 Å². The molecule has 1 amide bonds. The normalized spacial score (nSPS) is 19.9. The molecule has 1 aromatic heterocycles. The summed E-state index contributed by atoms with van der Waals surface area (Å²) in [5.74, 6) is 1.09. The predicted octanol–water partition coefficient (Wildman–Crippen LogP) is 1.81. The van der Waals surface area contributed by atoms with Crippen LogP contribution in [0.25, 0.3) is 0 Å². The van der Waals surface area contributed by atoms with Gasteiger partial charge in [-0.3, -0.25) is 4.79 Å². The number of rotatable bonds is 5. The lowest BCUT2D eigenvalue weighted by Crippen LogP contribution is -2.31. The van der Waals surface area contributed by atoms with E-state index in [1.54, 1.807) is 0 Å². The van der Waals surface area contributed by atoms with Crippen LogP contribution in [0.1, 0.15) is 38.3 Å². The second-order valence-electron chi connectivity index (χ2n) is 5.94. The third kappa shape index (κ3) is 3.94. The minimum Gasteiger partial charge on any atom is -0.355 e. The van der Waals surface area contributed by atoms with E-state index in [0.29, 0.717) is 12.5 Å². The van der Waals surface area contributed by atoms with Crippen LogP contribution >= 0.6 is 0 Å². The van der Waals surface area contributed by atoms with Crippen LogP contribution in [0.15, 0.2) is 18.3 Å². The van der Waals surface area contributed by atoms with E-state index in [1.807, 2.05) is 26.1 Å². The Labute approximate surface area is 127 Å². The molecule has 1 aliphatic heterocycles. The Hall–Kier alpha value is -1.62. The quantitative estimate of drug-likeness (QED) is 0.898. The first-order valence-corrected chi connectivity index (χ1v) is 7.68. The number of nitrogens with zero attached hydrogens (tertiary/aromatic N) is 3. The van der Waals surface area contributed by atoms with Crippen molar-refractivity contribution < 1.29 is 4.79 Å². The van der Waals surface area contributed by atoms with Crippen LogP contribution in [-0.2, 0) is 4.79 Å². The van der Waals surface area contributed by atoms with Gasteiger partial charge in [0, 0.05) is 31.7 Å². The maximum atomic E-state index is 11.5. The molecule has 116 valence electrons. The summed E-state index contributed by atoms with van der Waals surface area (Å²) < 4.78 is 0. The lowest BCUT2D eigenvalue weighted by molar-refractivity contribution is -0.121. The van der Waals surface area contributed by atoms with Gasteiger partial charge in [0.05, 0.1) is 6.04 Å². The fourth-order valence-corrected chi connectivity index (χ4v) is 2.67. The Morgan fingerprint density at radius 3 is 2.95 bits per heavy atom. The number of carbonyl (C=O) groups excluding carboxylic acids is 1. The van der Waals surface area contributed by atoms with Gasteiger partial charge in [0.1, 0.15) is 5.82 Å². The topological polar surface area (TPSA) is 48.5 Å². The van der Waals surface area contributed by atoms with Gasteiger partial charge < -0.3 is 15.1 Å². The van der Waals surface area contributed by atoms with Gasteiger partial charge >= 0.3 is 0 Å². The number of amides is 1. The molecule has 21 heavy (non-hydrogen) atoms. The van der Waals surface area contributed by atoms with E-state index in [0.717, 1.165) is 24.5 Å². The molecule has 0 aliphatic carbocycles. The molecule has 1 fully saturated rings. The number of carbonyl (C=O) groups is 1. The van der Waals surface area contributed by atoms with E-state index in [9.17, 15) is 4.79 Å². The maximum absolute atomic E-state index is 11.5. The number of aromatic nitrogens is 1. The number of hydrogen-bond acceptors (Lipinski definition) is 4. The Bertz CT molecular complexity index is 489. The predicted molar refractivity (Wildman–Crippen MR) is 85.4 cm³/mol. The van der Waals surface area contributed by atoms with Crippen molar-refractivity contribution in [3.8, 4) is 0 Å². The molecule has 2 atom stereocenters. The van der Waals surface area contributed by atoms with Crippen LogP contribution in [0.4, 0.5) is 5.82 Å². The van der Waals surface area contributed by atoms with Gasteiger partial charge in [0.25, 0.3) is 0 Å². The Morgan fingerprint density at radius 2 is 2.33 bits per heavy atom. The number of nitrogens with one attached hydrogen (secondary N) is 1. The van der Waals surface area contributed by atoms with E-state index in [2.05, 4.69) is 40.3 Å². The zero-order valence-corrected chi connectivity index (χ0v) is 13.5. The number of hydrogen-bond donors (Lipinski definition) is 1. The average Bonchev–Trinajstić information content (AvgIpc) is 2.97. The smallest absolute Gasteiger partial charge is 0.220 e. The summed E-state index contributed by atoms with van der Waals surface area (Å²) in [7, 11) is 4.25. The molecule has 0 saturated carbocycles. The highest BCUT2D eigenvalue weighted by atomic mass is 16.1. The average molecular weight is 290 g/mol. The van der Waals surface area contributed by atoms with Crippen molar-refractivity contribution in [3.05, 3.63) is 23.9 Å². The molecule has 5 heteroatoms. The summed E-state index contributed by atoms with van der Waals surface area (Å²) in [6, 6.07) is 4.68. The third-order valence-electron chi connectivity index (χ3n) is 4.19. The fraction of sp³-hybridized carbons (Fsp3) is 0.625.